The number of hydrogen-bond donors (Lipinski definition) is 0. The molecule has 0 bridgehead atoms. The van der Waals surface area contributed by atoms with E-state index >= 15 is 0 Å². The Labute approximate surface area is 131 Å². The lowest BCUT2D eigenvalue weighted by atomic mass is 10.2. The van der Waals surface area contributed by atoms with Crippen LogP contribution in [-0.2, 0) is 16.6 Å². The third-order valence-corrected chi connectivity index (χ3v) is 6.20. The number of aryl methyl sites for hydroxylation is 2. The largest absolute Gasteiger partial charge is 0.334 e. The highest BCUT2D eigenvalue weighted by molar-refractivity contribution is 7.89. The summed E-state index contributed by atoms with van der Waals surface area (Å²) in [7, 11) is -3.43. The topological polar surface area (TPSA) is 55.2 Å². The van der Waals surface area contributed by atoms with Crippen molar-refractivity contribution in [2.75, 3.05) is 6.54 Å². The molecule has 0 unspecified atom stereocenters. The predicted octanol–water partition coefficient (Wildman–Crippen LogP) is 2.35. The molecule has 0 radical (unpaired) electrons. The molecule has 2 heterocycles. The fourth-order valence-corrected chi connectivity index (χ4v) is 4.83. The van der Waals surface area contributed by atoms with E-state index in [-0.39, 0.29) is 6.04 Å². The number of aromatic nitrogens is 2. The van der Waals surface area contributed by atoms with Crippen molar-refractivity contribution in [3.05, 3.63) is 48.0 Å². The predicted molar refractivity (Wildman–Crippen MR) is 85.1 cm³/mol. The number of rotatable bonds is 4. The standard InChI is InChI=1S/C16H21N3O2S/c1-13-5-3-7-16(11-13)22(20,21)19-9-4-6-15(19)12-18-10-8-17-14(18)2/h3,5,7-8,10-11,15H,4,6,9,12H2,1-2H3/t15-/m0/s1. The summed E-state index contributed by atoms with van der Waals surface area (Å²) >= 11 is 0. The summed E-state index contributed by atoms with van der Waals surface area (Å²) in [4.78, 5) is 4.60. The number of nitrogens with zero attached hydrogens (tertiary/aromatic N) is 3. The zero-order valence-electron chi connectivity index (χ0n) is 12.9. The SMILES string of the molecule is Cc1cccc(S(=O)(=O)N2CCC[C@H]2Cn2ccnc2C)c1. The van der Waals surface area contributed by atoms with Gasteiger partial charge in [0.1, 0.15) is 5.82 Å². The molecule has 1 aromatic heterocycles. The minimum atomic E-state index is -3.43. The molecule has 0 N–H and O–H groups in total. The minimum absolute atomic E-state index is 0.00147. The third kappa shape index (κ3) is 2.80. The van der Waals surface area contributed by atoms with Crippen LogP contribution >= 0.6 is 0 Å². The molecule has 3 rings (SSSR count). The maximum absolute atomic E-state index is 12.9. The molecule has 1 fully saturated rings. The second-order valence-corrected chi connectivity index (χ2v) is 7.75. The number of imidazole rings is 1. The van der Waals surface area contributed by atoms with Crippen molar-refractivity contribution in [2.45, 2.75) is 44.2 Å². The molecule has 22 heavy (non-hydrogen) atoms. The first-order chi connectivity index (χ1) is 10.5. The van der Waals surface area contributed by atoms with Crippen LogP contribution in [0.3, 0.4) is 0 Å². The average Bonchev–Trinajstić information content (AvgIpc) is 3.10. The fourth-order valence-electron chi connectivity index (χ4n) is 3.04. The first kappa shape index (κ1) is 15.2. The maximum atomic E-state index is 12.9. The van der Waals surface area contributed by atoms with E-state index in [1.165, 1.54) is 0 Å². The Morgan fingerprint density at radius 2 is 2.14 bits per heavy atom. The van der Waals surface area contributed by atoms with Crippen LogP contribution in [0.15, 0.2) is 41.6 Å². The third-order valence-electron chi connectivity index (χ3n) is 4.25. The molecule has 1 saturated heterocycles. The molecule has 1 aliphatic rings. The summed E-state index contributed by atoms with van der Waals surface area (Å²) in [6.45, 7) is 5.11. The quantitative estimate of drug-likeness (QED) is 0.869. The van der Waals surface area contributed by atoms with Gasteiger partial charge in [0.05, 0.1) is 4.90 Å². The number of benzene rings is 1. The van der Waals surface area contributed by atoms with Gasteiger partial charge in [-0.2, -0.15) is 4.31 Å². The molecule has 118 valence electrons. The van der Waals surface area contributed by atoms with Gasteiger partial charge in [-0.3, -0.25) is 0 Å². The Bertz CT molecular complexity index is 767. The molecular weight excluding hydrogens is 298 g/mol. The highest BCUT2D eigenvalue weighted by Gasteiger charge is 2.35. The van der Waals surface area contributed by atoms with Gasteiger partial charge < -0.3 is 4.57 Å². The molecule has 1 atom stereocenters. The molecule has 6 heteroatoms. The van der Waals surface area contributed by atoms with E-state index in [1.807, 2.05) is 30.7 Å². The van der Waals surface area contributed by atoms with Crippen molar-refractivity contribution >= 4 is 10.0 Å². The van der Waals surface area contributed by atoms with Crippen LogP contribution in [0.4, 0.5) is 0 Å². The van der Waals surface area contributed by atoms with E-state index in [0.29, 0.717) is 18.0 Å². The number of hydrogen-bond acceptors (Lipinski definition) is 3. The smallest absolute Gasteiger partial charge is 0.243 e. The van der Waals surface area contributed by atoms with Gasteiger partial charge in [0.25, 0.3) is 0 Å². The second-order valence-electron chi connectivity index (χ2n) is 5.86. The van der Waals surface area contributed by atoms with Crippen molar-refractivity contribution in [1.29, 1.82) is 0 Å². The maximum Gasteiger partial charge on any atom is 0.243 e. The van der Waals surface area contributed by atoms with Gasteiger partial charge in [-0.05, 0) is 44.4 Å². The minimum Gasteiger partial charge on any atom is -0.334 e. The van der Waals surface area contributed by atoms with Crippen LogP contribution in [0.25, 0.3) is 0 Å². The Balaban J connectivity index is 1.87. The zero-order valence-corrected chi connectivity index (χ0v) is 13.8. The molecule has 0 aliphatic carbocycles. The molecule has 1 aromatic carbocycles. The summed E-state index contributed by atoms with van der Waals surface area (Å²) in [5.41, 5.74) is 0.960. The van der Waals surface area contributed by atoms with Crippen LogP contribution in [0.2, 0.25) is 0 Å². The second kappa shape index (κ2) is 5.85. The average molecular weight is 319 g/mol. The molecule has 2 aromatic rings. The van der Waals surface area contributed by atoms with E-state index in [9.17, 15) is 8.42 Å². The van der Waals surface area contributed by atoms with Gasteiger partial charge in [0, 0.05) is 31.5 Å². The lowest BCUT2D eigenvalue weighted by Crippen LogP contribution is -2.38. The molecule has 1 aliphatic heterocycles. The first-order valence-corrected chi connectivity index (χ1v) is 8.99. The van der Waals surface area contributed by atoms with Crippen LogP contribution in [0, 0.1) is 13.8 Å². The van der Waals surface area contributed by atoms with Gasteiger partial charge in [-0.1, -0.05) is 12.1 Å². The van der Waals surface area contributed by atoms with E-state index in [1.54, 1.807) is 28.7 Å². The Morgan fingerprint density at radius 1 is 1.32 bits per heavy atom. The van der Waals surface area contributed by atoms with Crippen molar-refractivity contribution in [1.82, 2.24) is 13.9 Å². The van der Waals surface area contributed by atoms with Gasteiger partial charge in [0.2, 0.25) is 10.0 Å². The summed E-state index contributed by atoms with van der Waals surface area (Å²) in [5.74, 6) is 0.916. The van der Waals surface area contributed by atoms with Gasteiger partial charge in [0.15, 0.2) is 0 Å². The summed E-state index contributed by atoms with van der Waals surface area (Å²) in [6, 6.07) is 7.13. The normalized spacial score (nSPS) is 19.6. The van der Waals surface area contributed by atoms with Crippen molar-refractivity contribution in [3.63, 3.8) is 0 Å². The lowest BCUT2D eigenvalue weighted by Gasteiger charge is -2.25. The molecular formula is C16H21N3O2S. The van der Waals surface area contributed by atoms with Gasteiger partial charge in [-0.25, -0.2) is 13.4 Å². The van der Waals surface area contributed by atoms with Crippen LogP contribution < -0.4 is 0 Å². The molecule has 0 spiro atoms. The molecule has 5 nitrogen and oxygen atoms in total. The molecule has 0 amide bonds. The highest BCUT2D eigenvalue weighted by atomic mass is 32.2. The van der Waals surface area contributed by atoms with Crippen molar-refractivity contribution in [2.24, 2.45) is 0 Å². The van der Waals surface area contributed by atoms with E-state index in [4.69, 9.17) is 0 Å². The van der Waals surface area contributed by atoms with E-state index in [0.717, 1.165) is 24.2 Å². The Morgan fingerprint density at radius 3 is 2.82 bits per heavy atom. The van der Waals surface area contributed by atoms with Crippen molar-refractivity contribution in [3.8, 4) is 0 Å². The lowest BCUT2D eigenvalue weighted by molar-refractivity contribution is 0.350. The zero-order chi connectivity index (χ0) is 15.7. The monoisotopic (exact) mass is 319 g/mol. The summed E-state index contributed by atoms with van der Waals surface area (Å²) < 4.78 is 29.5. The van der Waals surface area contributed by atoms with Crippen LogP contribution in [-0.4, -0.2) is 34.9 Å². The highest BCUT2D eigenvalue weighted by Crippen LogP contribution is 2.27. The number of sulfonamides is 1. The first-order valence-electron chi connectivity index (χ1n) is 7.55. The fraction of sp³-hybridized carbons (Fsp3) is 0.438. The summed E-state index contributed by atoms with van der Waals surface area (Å²) in [5, 5.41) is 0. The van der Waals surface area contributed by atoms with Crippen LogP contribution in [0.1, 0.15) is 24.2 Å². The molecule has 0 saturated carbocycles. The Hall–Kier alpha value is -1.66. The van der Waals surface area contributed by atoms with E-state index in [2.05, 4.69) is 4.98 Å². The van der Waals surface area contributed by atoms with Crippen LogP contribution in [0.5, 0.6) is 0 Å². The van der Waals surface area contributed by atoms with Crippen molar-refractivity contribution < 1.29 is 8.42 Å². The Kier molecular flexibility index (Phi) is 4.06. The summed E-state index contributed by atoms with van der Waals surface area (Å²) in [6.07, 6.45) is 5.46. The van der Waals surface area contributed by atoms with E-state index < -0.39 is 10.0 Å². The van der Waals surface area contributed by atoms with Gasteiger partial charge >= 0.3 is 0 Å². The van der Waals surface area contributed by atoms with Gasteiger partial charge in [-0.15, -0.1) is 0 Å².